The fourth-order valence-electron chi connectivity index (χ4n) is 7.13. The predicted molar refractivity (Wildman–Crippen MR) is 176 cm³/mol. The molecule has 0 radical (unpaired) electrons. The molecule has 2 amide bonds. The number of nitrogens with one attached hydrogen (secondary N) is 2. The van der Waals surface area contributed by atoms with E-state index in [1.165, 1.54) is 45.6 Å². The molecule has 6 rings (SSSR count). The van der Waals surface area contributed by atoms with Crippen molar-refractivity contribution in [2.45, 2.75) is 70.0 Å². The van der Waals surface area contributed by atoms with Crippen LogP contribution in [0.25, 0.3) is 0 Å². The Balaban J connectivity index is 1.06. The minimum atomic E-state index is -0.352. The van der Waals surface area contributed by atoms with Gasteiger partial charge in [-0.1, -0.05) is 6.92 Å². The van der Waals surface area contributed by atoms with E-state index in [4.69, 9.17) is 9.72 Å². The number of ether oxygens (including phenoxy) is 1. The Hall–Kier alpha value is -3.48. The zero-order valence-electron chi connectivity index (χ0n) is 27.5. The van der Waals surface area contributed by atoms with Crippen LogP contribution in [-0.2, 0) is 4.79 Å². The maximum atomic E-state index is 13.3. The third kappa shape index (κ3) is 6.87. The molecule has 0 spiro atoms. The fraction of sp³-hybridized carbons (Fsp3) is 0.636. The molecular weight excluding hydrogens is 570 g/mol. The Labute approximate surface area is 267 Å². The first-order valence-electron chi connectivity index (χ1n) is 16.6. The van der Waals surface area contributed by atoms with Gasteiger partial charge in [0.25, 0.3) is 11.8 Å². The number of aromatic nitrogens is 2. The number of anilines is 4. The minimum absolute atomic E-state index is 0.00374. The molecule has 2 aromatic rings. The predicted octanol–water partition coefficient (Wildman–Crippen LogP) is 3.34. The lowest BCUT2D eigenvalue weighted by molar-refractivity contribution is -0.120. The second-order valence-electron chi connectivity index (χ2n) is 13.2. The molecule has 2 aliphatic heterocycles. The SMILES string of the molecule is CC[C@@H]1C(=O)N(C)c2cnc(Nc3ccc(C(=O)NC4CCC(N5CCN(CC6CC6)CC5)CC4)cc3OC)nc2N1N(C)C. The standard InChI is InChI=1S/C33H49N9O3/c1-6-27-32(44)39(4)28-20-34-33(37-30(28)42(27)38(2)3)36-26-14-9-23(19-29(26)45-5)31(43)35-24-10-12-25(13-11-24)41-17-15-40(16-18-41)21-22-7-8-22/h9,14,19-20,22,24-25,27H,6-8,10-13,15-18,21H2,1-5H3,(H,35,43)(H,34,36,37)/t24?,25?,27-/m1/s1. The lowest BCUT2D eigenvalue weighted by Crippen LogP contribution is -2.57. The number of amides is 2. The molecule has 244 valence electrons. The van der Waals surface area contributed by atoms with E-state index in [-0.39, 0.29) is 23.9 Å². The molecule has 1 aromatic carbocycles. The number of hydrazine groups is 1. The van der Waals surface area contributed by atoms with Gasteiger partial charge in [0.2, 0.25) is 5.95 Å². The molecule has 1 atom stereocenters. The zero-order valence-corrected chi connectivity index (χ0v) is 27.5. The summed E-state index contributed by atoms with van der Waals surface area (Å²) in [6, 6.07) is 5.86. The van der Waals surface area contributed by atoms with Crippen molar-refractivity contribution < 1.29 is 14.3 Å². The van der Waals surface area contributed by atoms with Crippen LogP contribution in [0, 0.1) is 5.92 Å². The highest BCUT2D eigenvalue weighted by Gasteiger charge is 2.38. The van der Waals surface area contributed by atoms with Crippen molar-refractivity contribution in [1.29, 1.82) is 0 Å². The molecule has 12 heteroatoms. The lowest BCUT2D eigenvalue weighted by Gasteiger charge is -2.43. The first-order valence-corrected chi connectivity index (χ1v) is 16.6. The average molecular weight is 620 g/mol. The van der Waals surface area contributed by atoms with E-state index in [1.54, 1.807) is 37.4 Å². The molecule has 1 saturated heterocycles. The maximum Gasteiger partial charge on any atom is 0.251 e. The Morgan fingerprint density at radius 2 is 1.80 bits per heavy atom. The molecule has 2 N–H and O–H groups in total. The summed E-state index contributed by atoms with van der Waals surface area (Å²) < 4.78 is 5.67. The minimum Gasteiger partial charge on any atom is -0.495 e. The molecule has 1 aromatic heterocycles. The Morgan fingerprint density at radius 3 is 2.44 bits per heavy atom. The quantitative estimate of drug-likeness (QED) is 0.411. The molecule has 12 nitrogen and oxygen atoms in total. The van der Waals surface area contributed by atoms with Gasteiger partial charge in [-0.15, -0.1) is 0 Å². The van der Waals surface area contributed by atoms with Gasteiger partial charge in [-0.25, -0.2) is 9.99 Å². The second kappa shape index (κ2) is 13.5. The van der Waals surface area contributed by atoms with Crippen LogP contribution >= 0.6 is 0 Å². The van der Waals surface area contributed by atoms with Crippen molar-refractivity contribution in [3.05, 3.63) is 30.0 Å². The van der Waals surface area contributed by atoms with Crippen LogP contribution in [0.3, 0.4) is 0 Å². The molecule has 3 heterocycles. The normalized spacial score (nSPS) is 24.5. The van der Waals surface area contributed by atoms with E-state index in [0.717, 1.165) is 31.6 Å². The Bertz CT molecular complexity index is 1370. The molecule has 2 saturated carbocycles. The van der Waals surface area contributed by atoms with Gasteiger partial charge in [0, 0.05) is 71.5 Å². The van der Waals surface area contributed by atoms with Crippen LogP contribution in [0.2, 0.25) is 0 Å². The van der Waals surface area contributed by atoms with Crippen molar-refractivity contribution in [2.24, 2.45) is 5.92 Å². The van der Waals surface area contributed by atoms with Gasteiger partial charge in [0.15, 0.2) is 5.82 Å². The van der Waals surface area contributed by atoms with E-state index in [1.807, 2.05) is 37.1 Å². The number of methoxy groups -OCH3 is 1. The van der Waals surface area contributed by atoms with Gasteiger partial charge in [-0.2, -0.15) is 4.98 Å². The highest BCUT2D eigenvalue weighted by Crippen LogP contribution is 2.37. The number of carbonyl (C=O) groups excluding carboxylic acids is 2. The van der Waals surface area contributed by atoms with Crippen molar-refractivity contribution >= 4 is 35.0 Å². The van der Waals surface area contributed by atoms with Gasteiger partial charge in [0.1, 0.15) is 17.5 Å². The van der Waals surface area contributed by atoms with Gasteiger partial charge >= 0.3 is 0 Å². The van der Waals surface area contributed by atoms with Crippen LogP contribution in [0.1, 0.15) is 62.2 Å². The number of fused-ring (bicyclic) bond motifs is 1. The number of piperazine rings is 1. The van der Waals surface area contributed by atoms with Gasteiger partial charge in [-0.05, 0) is 69.1 Å². The zero-order chi connectivity index (χ0) is 31.7. The highest BCUT2D eigenvalue weighted by atomic mass is 16.5. The fourth-order valence-corrected chi connectivity index (χ4v) is 7.13. The van der Waals surface area contributed by atoms with Crippen molar-refractivity contribution in [3.8, 4) is 5.75 Å². The van der Waals surface area contributed by atoms with Gasteiger partial charge < -0.3 is 25.2 Å². The topological polar surface area (TPSA) is 109 Å². The van der Waals surface area contributed by atoms with E-state index in [0.29, 0.717) is 46.9 Å². The summed E-state index contributed by atoms with van der Waals surface area (Å²) in [6.07, 6.45) is 9.43. The third-order valence-corrected chi connectivity index (χ3v) is 9.94. The summed E-state index contributed by atoms with van der Waals surface area (Å²) in [4.78, 5) is 42.4. The van der Waals surface area contributed by atoms with Crippen LogP contribution in [0.4, 0.5) is 23.1 Å². The molecule has 0 bridgehead atoms. The lowest BCUT2D eigenvalue weighted by atomic mass is 9.89. The van der Waals surface area contributed by atoms with E-state index in [9.17, 15) is 9.59 Å². The average Bonchev–Trinajstić information content (AvgIpc) is 3.87. The van der Waals surface area contributed by atoms with E-state index >= 15 is 0 Å². The van der Waals surface area contributed by atoms with Crippen molar-refractivity contribution in [2.75, 3.05) is 76.2 Å². The number of hydrogen-bond acceptors (Lipinski definition) is 10. The van der Waals surface area contributed by atoms with Crippen LogP contribution in [0.5, 0.6) is 5.75 Å². The summed E-state index contributed by atoms with van der Waals surface area (Å²) in [5.74, 6) is 2.43. The smallest absolute Gasteiger partial charge is 0.251 e. The summed E-state index contributed by atoms with van der Waals surface area (Å²) in [6.45, 7) is 8.04. The number of nitrogens with zero attached hydrogens (tertiary/aromatic N) is 7. The maximum absolute atomic E-state index is 13.3. The molecule has 0 unspecified atom stereocenters. The Morgan fingerprint density at radius 1 is 1.07 bits per heavy atom. The van der Waals surface area contributed by atoms with E-state index in [2.05, 4.69) is 25.4 Å². The Kier molecular flexibility index (Phi) is 9.44. The van der Waals surface area contributed by atoms with Crippen molar-refractivity contribution in [1.82, 2.24) is 30.1 Å². The van der Waals surface area contributed by atoms with E-state index < -0.39 is 0 Å². The summed E-state index contributed by atoms with van der Waals surface area (Å²) in [7, 11) is 7.14. The van der Waals surface area contributed by atoms with Crippen molar-refractivity contribution in [3.63, 3.8) is 0 Å². The number of likely N-dealkylation sites (N-methyl/N-ethyl adjacent to an activating group) is 1. The molecule has 2 aliphatic carbocycles. The summed E-state index contributed by atoms with van der Waals surface area (Å²) in [5.41, 5.74) is 1.85. The second-order valence-corrected chi connectivity index (χ2v) is 13.2. The molecular formula is C33H49N9O3. The van der Waals surface area contributed by atoms with Gasteiger partial charge in [-0.3, -0.25) is 19.5 Å². The van der Waals surface area contributed by atoms with Crippen LogP contribution in [0.15, 0.2) is 24.4 Å². The first kappa shape index (κ1) is 31.5. The molecule has 45 heavy (non-hydrogen) atoms. The number of carbonyl (C=O) groups is 2. The third-order valence-electron chi connectivity index (χ3n) is 9.94. The summed E-state index contributed by atoms with van der Waals surface area (Å²) >= 11 is 0. The van der Waals surface area contributed by atoms with Gasteiger partial charge in [0.05, 0.1) is 19.0 Å². The monoisotopic (exact) mass is 619 g/mol. The first-order chi connectivity index (χ1) is 21.7. The number of benzene rings is 1. The van der Waals surface area contributed by atoms with Crippen LogP contribution in [-0.4, -0.2) is 116 Å². The van der Waals surface area contributed by atoms with Crippen LogP contribution < -0.4 is 25.3 Å². The largest absolute Gasteiger partial charge is 0.495 e. The highest BCUT2D eigenvalue weighted by molar-refractivity contribution is 6.04. The number of hydrogen-bond donors (Lipinski definition) is 2. The molecule has 4 aliphatic rings. The number of rotatable bonds is 10. The summed E-state index contributed by atoms with van der Waals surface area (Å²) in [5, 5.41) is 10.3. The molecule has 3 fully saturated rings.